The van der Waals surface area contributed by atoms with Crippen LogP contribution in [0.25, 0.3) is 0 Å². The second-order valence-corrected chi connectivity index (χ2v) is 5.64. The normalized spacial score (nSPS) is 18.1. The molecule has 1 unspecified atom stereocenters. The van der Waals surface area contributed by atoms with Crippen molar-refractivity contribution in [1.29, 1.82) is 0 Å². The van der Waals surface area contributed by atoms with Crippen LogP contribution in [0.1, 0.15) is 37.8 Å². The Morgan fingerprint density at radius 3 is 2.50 bits per heavy atom. The van der Waals surface area contributed by atoms with E-state index in [0.29, 0.717) is 13.0 Å². The Hall–Kier alpha value is -2.56. The Morgan fingerprint density at radius 2 is 2.00 bits per heavy atom. The van der Waals surface area contributed by atoms with Gasteiger partial charge in [0.1, 0.15) is 6.61 Å². The fraction of sp³-hybridized carbons (Fsp3) is 0.368. The van der Waals surface area contributed by atoms with Gasteiger partial charge in [-0.1, -0.05) is 49.4 Å². The summed E-state index contributed by atoms with van der Waals surface area (Å²) in [6, 6.07) is 10.4. The predicted octanol–water partition coefficient (Wildman–Crippen LogP) is 2.62. The molecule has 1 saturated heterocycles. The molecule has 1 aromatic rings. The molecule has 0 spiro atoms. The number of dihydropyridines is 1. The molecule has 1 amide bonds. The van der Waals surface area contributed by atoms with Crippen LogP contribution in [0.2, 0.25) is 0 Å². The van der Waals surface area contributed by atoms with E-state index in [0.717, 1.165) is 25.0 Å². The van der Waals surface area contributed by atoms with Crippen LogP contribution < -0.4 is 10.6 Å². The Labute approximate surface area is 142 Å². The van der Waals surface area contributed by atoms with Gasteiger partial charge in [0, 0.05) is 31.2 Å². The lowest BCUT2D eigenvalue weighted by Gasteiger charge is -2.19. The standard InChI is InChI=1S/C16H19NO2.C3H5NO/c1-2-6-16(18)19-12-13-9-10-15(17-11-13)14-7-4-3-5-8-14;5-3-1-2-4-3/h3-5,7-11,15,17H,2,6,12H2,1H3;1-2H2,(H,4,5). The molecule has 2 heterocycles. The summed E-state index contributed by atoms with van der Waals surface area (Å²) in [4.78, 5) is 21.1. The monoisotopic (exact) mass is 328 g/mol. The van der Waals surface area contributed by atoms with Gasteiger partial charge in [0.15, 0.2) is 0 Å². The molecule has 0 aromatic heterocycles. The van der Waals surface area contributed by atoms with E-state index in [-0.39, 0.29) is 17.9 Å². The third-order valence-corrected chi connectivity index (χ3v) is 3.64. The predicted molar refractivity (Wildman–Crippen MR) is 93.0 cm³/mol. The smallest absolute Gasteiger partial charge is 0.306 e. The van der Waals surface area contributed by atoms with Gasteiger partial charge in [-0.2, -0.15) is 0 Å². The third-order valence-electron chi connectivity index (χ3n) is 3.64. The van der Waals surface area contributed by atoms with Gasteiger partial charge in [-0.3, -0.25) is 9.59 Å². The number of carbonyl (C=O) groups excluding carboxylic acids is 2. The van der Waals surface area contributed by atoms with Crippen LogP contribution in [-0.4, -0.2) is 25.0 Å². The summed E-state index contributed by atoms with van der Waals surface area (Å²) in [5.41, 5.74) is 2.20. The van der Waals surface area contributed by atoms with Gasteiger partial charge in [0.25, 0.3) is 0 Å². The largest absolute Gasteiger partial charge is 0.461 e. The third kappa shape index (κ3) is 5.91. The quantitative estimate of drug-likeness (QED) is 0.644. The Bertz CT molecular complexity index is 602. The SMILES string of the molecule is CCCC(=O)OCC1=CNC(c2ccccc2)C=C1.O=C1CCN1. The molecule has 2 aliphatic heterocycles. The first-order chi connectivity index (χ1) is 11.7. The highest BCUT2D eigenvalue weighted by molar-refractivity contribution is 5.81. The van der Waals surface area contributed by atoms with Crippen LogP contribution in [-0.2, 0) is 14.3 Å². The molecule has 0 bridgehead atoms. The summed E-state index contributed by atoms with van der Waals surface area (Å²) >= 11 is 0. The molecule has 0 radical (unpaired) electrons. The van der Waals surface area contributed by atoms with Crippen molar-refractivity contribution in [2.24, 2.45) is 0 Å². The first-order valence-corrected chi connectivity index (χ1v) is 8.29. The highest BCUT2D eigenvalue weighted by atomic mass is 16.5. The molecule has 5 nitrogen and oxygen atoms in total. The highest BCUT2D eigenvalue weighted by Gasteiger charge is 2.10. The van der Waals surface area contributed by atoms with Crippen LogP contribution in [0.3, 0.4) is 0 Å². The molecule has 2 aliphatic rings. The van der Waals surface area contributed by atoms with Crippen LogP contribution in [0.5, 0.6) is 0 Å². The maximum atomic E-state index is 11.3. The molecule has 3 rings (SSSR count). The number of rotatable bonds is 5. The fourth-order valence-electron chi connectivity index (χ4n) is 2.14. The minimum absolute atomic E-state index is 0.137. The number of nitrogens with one attached hydrogen (secondary N) is 2. The van der Waals surface area contributed by atoms with Crippen molar-refractivity contribution in [2.45, 2.75) is 32.2 Å². The zero-order valence-electron chi connectivity index (χ0n) is 14.0. The molecule has 2 N–H and O–H groups in total. The lowest BCUT2D eigenvalue weighted by atomic mass is 10.0. The molecule has 0 saturated carbocycles. The molecule has 128 valence electrons. The minimum Gasteiger partial charge on any atom is -0.461 e. The summed E-state index contributed by atoms with van der Waals surface area (Å²) in [6.07, 6.45) is 8.04. The molecule has 24 heavy (non-hydrogen) atoms. The van der Waals surface area contributed by atoms with Crippen molar-refractivity contribution in [2.75, 3.05) is 13.2 Å². The Morgan fingerprint density at radius 1 is 1.29 bits per heavy atom. The maximum Gasteiger partial charge on any atom is 0.306 e. The maximum absolute atomic E-state index is 11.3. The molecule has 5 heteroatoms. The molecular weight excluding hydrogens is 304 g/mol. The van der Waals surface area contributed by atoms with Crippen LogP contribution in [0, 0.1) is 0 Å². The van der Waals surface area contributed by atoms with Gasteiger partial charge < -0.3 is 15.4 Å². The first kappa shape index (κ1) is 17.8. The molecule has 1 atom stereocenters. The number of hydrogen-bond donors (Lipinski definition) is 2. The summed E-state index contributed by atoms with van der Waals surface area (Å²) in [5.74, 6) is 0.0481. The van der Waals surface area contributed by atoms with E-state index in [1.807, 2.05) is 37.4 Å². The van der Waals surface area contributed by atoms with E-state index in [4.69, 9.17) is 4.74 Å². The lowest BCUT2D eigenvalue weighted by Crippen LogP contribution is -2.37. The number of amides is 1. The number of benzene rings is 1. The van der Waals surface area contributed by atoms with Crippen LogP contribution in [0.15, 0.2) is 54.3 Å². The number of carbonyl (C=O) groups is 2. The van der Waals surface area contributed by atoms with Crippen molar-refractivity contribution >= 4 is 11.9 Å². The minimum atomic E-state index is -0.137. The number of esters is 1. The zero-order chi connectivity index (χ0) is 17.2. The molecule has 1 fully saturated rings. The summed E-state index contributed by atoms with van der Waals surface area (Å²) in [7, 11) is 0. The van der Waals surface area contributed by atoms with Gasteiger partial charge in [-0.05, 0) is 12.0 Å². The molecule has 1 aromatic carbocycles. The Kier molecular flexibility index (Phi) is 7.08. The molecular formula is C19H24N2O3. The van der Waals surface area contributed by atoms with Gasteiger partial charge in [0.2, 0.25) is 5.91 Å². The number of β-lactam (4-membered cyclic amide) rings is 1. The second-order valence-electron chi connectivity index (χ2n) is 5.64. The average Bonchev–Trinajstić information content (AvgIpc) is 2.60. The lowest BCUT2D eigenvalue weighted by molar-refractivity contribution is -0.142. The van der Waals surface area contributed by atoms with Crippen LogP contribution >= 0.6 is 0 Å². The fourth-order valence-corrected chi connectivity index (χ4v) is 2.14. The zero-order valence-corrected chi connectivity index (χ0v) is 14.0. The van der Waals surface area contributed by atoms with Gasteiger partial charge in [0.05, 0.1) is 6.04 Å². The van der Waals surface area contributed by atoms with E-state index in [1.54, 1.807) is 0 Å². The van der Waals surface area contributed by atoms with E-state index >= 15 is 0 Å². The second kappa shape index (κ2) is 9.55. The summed E-state index contributed by atoms with van der Waals surface area (Å²) in [6.45, 7) is 3.19. The van der Waals surface area contributed by atoms with Gasteiger partial charge >= 0.3 is 5.97 Å². The number of ether oxygens (including phenoxy) is 1. The topological polar surface area (TPSA) is 67.4 Å². The van der Waals surface area contributed by atoms with Crippen molar-refractivity contribution in [3.63, 3.8) is 0 Å². The van der Waals surface area contributed by atoms with Crippen molar-refractivity contribution in [3.05, 3.63) is 59.8 Å². The highest BCUT2D eigenvalue weighted by Crippen LogP contribution is 2.18. The Balaban J connectivity index is 0.000000355. The summed E-state index contributed by atoms with van der Waals surface area (Å²) in [5, 5.41) is 5.87. The first-order valence-electron chi connectivity index (χ1n) is 8.29. The average molecular weight is 328 g/mol. The van der Waals surface area contributed by atoms with Crippen molar-refractivity contribution in [1.82, 2.24) is 10.6 Å². The van der Waals surface area contributed by atoms with Crippen LogP contribution in [0.4, 0.5) is 0 Å². The summed E-state index contributed by atoms with van der Waals surface area (Å²) < 4.78 is 5.16. The van der Waals surface area contributed by atoms with E-state index in [2.05, 4.69) is 28.8 Å². The van der Waals surface area contributed by atoms with Crippen molar-refractivity contribution < 1.29 is 14.3 Å². The van der Waals surface area contributed by atoms with Gasteiger partial charge in [-0.25, -0.2) is 0 Å². The van der Waals surface area contributed by atoms with Crippen molar-refractivity contribution in [3.8, 4) is 0 Å². The van der Waals surface area contributed by atoms with E-state index in [9.17, 15) is 9.59 Å². The molecule has 0 aliphatic carbocycles. The van der Waals surface area contributed by atoms with E-state index in [1.165, 1.54) is 5.56 Å². The number of hydrogen-bond acceptors (Lipinski definition) is 4. The van der Waals surface area contributed by atoms with E-state index < -0.39 is 0 Å². The van der Waals surface area contributed by atoms with Gasteiger partial charge in [-0.15, -0.1) is 0 Å².